The normalized spacial score (nSPS) is 21.1. The number of hydrogen-bond donors (Lipinski definition) is 1. The zero-order valence-electron chi connectivity index (χ0n) is 16.8. The maximum absolute atomic E-state index is 13.1. The van der Waals surface area contributed by atoms with E-state index in [4.69, 9.17) is 0 Å². The summed E-state index contributed by atoms with van der Waals surface area (Å²) in [6.45, 7) is 2.10. The van der Waals surface area contributed by atoms with Crippen LogP contribution in [-0.2, 0) is 9.22 Å². The molecule has 2 amide bonds. The van der Waals surface area contributed by atoms with E-state index in [9.17, 15) is 22.8 Å². The predicted molar refractivity (Wildman–Crippen MR) is 116 cm³/mol. The van der Waals surface area contributed by atoms with Gasteiger partial charge in [-0.2, -0.15) is 13.2 Å². The van der Waals surface area contributed by atoms with E-state index in [1.54, 1.807) is 6.07 Å². The number of hydrogen-bond acceptors (Lipinski definition) is 3. The minimum Gasteiger partial charge on any atom is -0.352 e. The standard InChI is InChI=1S/C21H27F3IN3O2/c22-21(23,24)18-5-2-8-28(18)19(29)14-27-9-6-15(7-10-27)13-26-20(30)17-4-1-3-16(11-17)12-25/h1,3-4,11,15,18H,2,5-10,12-14H2,(H,26,30)/t18-/m1/s1. The monoisotopic (exact) mass is 537 g/mol. The summed E-state index contributed by atoms with van der Waals surface area (Å²) in [4.78, 5) is 27.7. The number of benzene rings is 1. The van der Waals surface area contributed by atoms with Crippen molar-refractivity contribution in [2.45, 2.75) is 42.3 Å². The van der Waals surface area contributed by atoms with Crippen LogP contribution >= 0.6 is 22.6 Å². The minimum absolute atomic E-state index is 0.00222. The Hall–Kier alpha value is -1.36. The van der Waals surface area contributed by atoms with E-state index in [1.165, 1.54) is 0 Å². The van der Waals surface area contributed by atoms with E-state index in [1.807, 2.05) is 23.1 Å². The van der Waals surface area contributed by atoms with Gasteiger partial charge in [0.15, 0.2) is 0 Å². The molecule has 2 aliphatic rings. The van der Waals surface area contributed by atoms with Gasteiger partial charge in [-0.3, -0.25) is 14.5 Å². The average Bonchev–Trinajstić information content (AvgIpc) is 3.24. The highest BCUT2D eigenvalue weighted by Gasteiger charge is 2.47. The highest BCUT2D eigenvalue weighted by atomic mass is 127. The summed E-state index contributed by atoms with van der Waals surface area (Å²) in [7, 11) is 0. The molecule has 1 atom stereocenters. The van der Waals surface area contributed by atoms with E-state index < -0.39 is 18.1 Å². The third-order valence-electron chi connectivity index (χ3n) is 5.91. The Kier molecular flexibility index (Phi) is 8.00. The second-order valence-electron chi connectivity index (χ2n) is 8.05. The van der Waals surface area contributed by atoms with Gasteiger partial charge in [0, 0.05) is 23.1 Å². The van der Waals surface area contributed by atoms with Crippen LogP contribution in [0, 0.1) is 5.92 Å². The van der Waals surface area contributed by atoms with Gasteiger partial charge in [0.1, 0.15) is 6.04 Å². The number of halogens is 4. The highest BCUT2D eigenvalue weighted by Crippen LogP contribution is 2.32. The molecule has 0 saturated carbocycles. The maximum atomic E-state index is 13.1. The van der Waals surface area contributed by atoms with Crippen molar-refractivity contribution in [3.63, 3.8) is 0 Å². The molecule has 2 heterocycles. The molecular formula is C21H27F3IN3O2. The summed E-state index contributed by atoms with van der Waals surface area (Å²) in [5, 5.41) is 2.98. The number of nitrogens with zero attached hydrogens (tertiary/aromatic N) is 2. The van der Waals surface area contributed by atoms with Gasteiger partial charge >= 0.3 is 6.18 Å². The molecule has 1 aromatic rings. The largest absolute Gasteiger partial charge is 0.408 e. The summed E-state index contributed by atoms with van der Waals surface area (Å²) < 4.78 is 40.1. The van der Waals surface area contributed by atoms with E-state index >= 15 is 0 Å². The Morgan fingerprint density at radius 2 is 1.87 bits per heavy atom. The fourth-order valence-corrected chi connectivity index (χ4v) is 4.65. The van der Waals surface area contributed by atoms with Crippen LogP contribution in [-0.4, -0.2) is 66.6 Å². The Labute approximate surface area is 188 Å². The number of amides is 2. The molecule has 1 aromatic carbocycles. The molecule has 9 heteroatoms. The van der Waals surface area contributed by atoms with Gasteiger partial charge in [-0.1, -0.05) is 34.7 Å². The molecule has 2 aliphatic heterocycles. The van der Waals surface area contributed by atoms with Crippen LogP contribution in [0.3, 0.4) is 0 Å². The van der Waals surface area contributed by atoms with Crippen LogP contribution in [0.1, 0.15) is 41.6 Å². The Bertz CT molecular complexity index is 751. The molecule has 0 spiro atoms. The third kappa shape index (κ3) is 6.09. The number of nitrogens with one attached hydrogen (secondary N) is 1. The molecular weight excluding hydrogens is 510 g/mol. The lowest BCUT2D eigenvalue weighted by molar-refractivity contribution is -0.183. The van der Waals surface area contributed by atoms with E-state index in [0.717, 1.165) is 27.7 Å². The lowest BCUT2D eigenvalue weighted by atomic mass is 9.96. The van der Waals surface area contributed by atoms with Crippen molar-refractivity contribution in [2.24, 2.45) is 5.92 Å². The van der Waals surface area contributed by atoms with Crippen molar-refractivity contribution < 1.29 is 22.8 Å². The first kappa shape index (κ1) is 23.3. The first-order valence-corrected chi connectivity index (χ1v) is 11.8. The third-order valence-corrected chi connectivity index (χ3v) is 6.79. The number of carbonyl (C=O) groups is 2. The number of carbonyl (C=O) groups excluding carboxylic acids is 2. The molecule has 30 heavy (non-hydrogen) atoms. The van der Waals surface area contributed by atoms with Crippen LogP contribution in [0.5, 0.6) is 0 Å². The van der Waals surface area contributed by atoms with Crippen molar-refractivity contribution in [3.8, 4) is 0 Å². The van der Waals surface area contributed by atoms with Gasteiger partial charge in [0.05, 0.1) is 6.54 Å². The second kappa shape index (κ2) is 10.3. The van der Waals surface area contributed by atoms with E-state index in [2.05, 4.69) is 27.9 Å². The van der Waals surface area contributed by atoms with Crippen molar-refractivity contribution in [2.75, 3.05) is 32.7 Å². The molecule has 0 aliphatic carbocycles. The average molecular weight is 537 g/mol. The van der Waals surface area contributed by atoms with Crippen molar-refractivity contribution in [3.05, 3.63) is 35.4 Å². The molecule has 0 bridgehead atoms. The predicted octanol–water partition coefficient (Wildman–Crippen LogP) is 3.62. The van der Waals surface area contributed by atoms with Crippen LogP contribution in [0.15, 0.2) is 24.3 Å². The van der Waals surface area contributed by atoms with Crippen LogP contribution in [0.4, 0.5) is 13.2 Å². The number of piperidine rings is 1. The first-order valence-electron chi connectivity index (χ1n) is 10.3. The summed E-state index contributed by atoms with van der Waals surface area (Å²) in [6.07, 6.45) is -2.34. The molecule has 2 saturated heterocycles. The van der Waals surface area contributed by atoms with Crippen LogP contribution < -0.4 is 5.32 Å². The van der Waals surface area contributed by atoms with Gasteiger partial charge in [-0.25, -0.2) is 0 Å². The Balaban J connectivity index is 1.41. The zero-order chi connectivity index (χ0) is 21.7. The molecule has 1 N–H and O–H groups in total. The topological polar surface area (TPSA) is 52.7 Å². The summed E-state index contributed by atoms with van der Waals surface area (Å²) in [5.74, 6) is -0.217. The zero-order valence-corrected chi connectivity index (χ0v) is 18.9. The van der Waals surface area contributed by atoms with Crippen LogP contribution in [0.25, 0.3) is 0 Å². The van der Waals surface area contributed by atoms with Gasteiger partial charge in [0.25, 0.3) is 5.91 Å². The molecule has 166 valence electrons. The van der Waals surface area contributed by atoms with Crippen molar-refractivity contribution in [1.29, 1.82) is 0 Å². The highest BCUT2D eigenvalue weighted by molar-refractivity contribution is 14.1. The lowest BCUT2D eigenvalue weighted by Crippen LogP contribution is -2.49. The van der Waals surface area contributed by atoms with E-state index in [-0.39, 0.29) is 25.4 Å². The van der Waals surface area contributed by atoms with Crippen molar-refractivity contribution >= 4 is 34.4 Å². The molecule has 2 fully saturated rings. The summed E-state index contributed by atoms with van der Waals surface area (Å²) in [6, 6.07) is 5.92. The molecule has 0 unspecified atom stereocenters. The summed E-state index contributed by atoms with van der Waals surface area (Å²) >= 11 is 2.26. The van der Waals surface area contributed by atoms with Gasteiger partial charge in [-0.05, 0) is 62.4 Å². The molecule has 3 rings (SSSR count). The SMILES string of the molecule is O=C(NCC1CCN(CC(=O)N2CCC[C@@H]2C(F)(F)F)CC1)c1cccc(CI)c1. The van der Waals surface area contributed by atoms with E-state index in [0.29, 0.717) is 37.5 Å². The quantitative estimate of drug-likeness (QED) is 0.446. The summed E-state index contributed by atoms with van der Waals surface area (Å²) in [5.41, 5.74) is 1.75. The van der Waals surface area contributed by atoms with Gasteiger partial charge in [0.2, 0.25) is 5.91 Å². The Morgan fingerprint density at radius 3 is 2.53 bits per heavy atom. The molecule has 0 radical (unpaired) electrons. The smallest absolute Gasteiger partial charge is 0.352 e. The van der Waals surface area contributed by atoms with Crippen molar-refractivity contribution in [1.82, 2.24) is 15.1 Å². The fourth-order valence-electron chi connectivity index (χ4n) is 4.17. The second-order valence-corrected chi connectivity index (χ2v) is 8.81. The van der Waals surface area contributed by atoms with Gasteiger partial charge in [-0.15, -0.1) is 0 Å². The fraction of sp³-hybridized carbons (Fsp3) is 0.619. The molecule has 5 nitrogen and oxygen atoms in total. The van der Waals surface area contributed by atoms with Crippen LogP contribution in [0.2, 0.25) is 0 Å². The Morgan fingerprint density at radius 1 is 1.13 bits per heavy atom. The molecule has 0 aromatic heterocycles. The number of likely N-dealkylation sites (tertiary alicyclic amines) is 2. The van der Waals surface area contributed by atoms with Gasteiger partial charge < -0.3 is 10.2 Å². The number of rotatable bonds is 6. The minimum atomic E-state index is -4.35. The first-order chi connectivity index (χ1) is 14.3. The lowest BCUT2D eigenvalue weighted by Gasteiger charge is -2.34. The number of alkyl halides is 4. The maximum Gasteiger partial charge on any atom is 0.408 e.